The Hall–Kier alpha value is -2.86. The molecular weight excluding hydrogens is 350 g/mol. The number of rotatable bonds is 5. The molecule has 0 saturated carbocycles. The number of nitrogens with zero attached hydrogens (tertiary/aromatic N) is 3. The van der Waals surface area contributed by atoms with Crippen molar-refractivity contribution < 1.29 is 4.79 Å². The number of hydrogen-bond acceptors (Lipinski definition) is 3. The highest BCUT2D eigenvalue weighted by atomic mass is 35.5. The Morgan fingerprint density at radius 1 is 1.04 bits per heavy atom. The van der Waals surface area contributed by atoms with Gasteiger partial charge in [0.2, 0.25) is 0 Å². The molecule has 0 bridgehead atoms. The monoisotopic (exact) mass is 369 g/mol. The molecule has 0 aliphatic carbocycles. The summed E-state index contributed by atoms with van der Waals surface area (Å²) < 4.78 is 1.68. The number of nitrogens with one attached hydrogen (secondary N) is 2. The van der Waals surface area contributed by atoms with Crippen LogP contribution in [0, 0.1) is 0 Å². The molecule has 0 fully saturated rings. The Balaban J connectivity index is 1.59. The minimum atomic E-state index is -0.245. The number of carbonyl (C=O) groups excluding carboxylic acids is 1. The first kappa shape index (κ1) is 17.9. The Morgan fingerprint density at radius 3 is 2.38 bits per heavy atom. The minimum Gasteiger partial charge on any atom is -0.332 e. The van der Waals surface area contributed by atoms with Crippen LogP contribution in [0.1, 0.15) is 37.1 Å². The van der Waals surface area contributed by atoms with Crippen molar-refractivity contribution in [1.29, 1.82) is 0 Å². The molecule has 2 N–H and O–H groups in total. The van der Waals surface area contributed by atoms with Crippen LogP contribution in [0.15, 0.2) is 61.2 Å². The number of carbonyl (C=O) groups is 1. The number of benzene rings is 2. The van der Waals surface area contributed by atoms with Gasteiger partial charge >= 0.3 is 6.03 Å². The van der Waals surface area contributed by atoms with E-state index >= 15 is 0 Å². The van der Waals surface area contributed by atoms with Crippen LogP contribution >= 0.6 is 11.6 Å². The first-order valence-corrected chi connectivity index (χ1v) is 8.69. The summed E-state index contributed by atoms with van der Waals surface area (Å²) in [5.74, 6) is 0. The van der Waals surface area contributed by atoms with E-state index in [0.29, 0.717) is 5.02 Å². The molecule has 0 radical (unpaired) electrons. The van der Waals surface area contributed by atoms with Crippen molar-refractivity contribution in [2.75, 3.05) is 0 Å². The third kappa shape index (κ3) is 4.21. The number of halogens is 1. The van der Waals surface area contributed by atoms with E-state index in [1.807, 2.05) is 62.4 Å². The molecule has 134 valence electrons. The third-order valence-corrected chi connectivity index (χ3v) is 4.49. The van der Waals surface area contributed by atoms with Crippen molar-refractivity contribution in [2.24, 2.45) is 0 Å². The normalized spacial score (nSPS) is 13.0. The van der Waals surface area contributed by atoms with Gasteiger partial charge in [-0.05, 0) is 43.2 Å². The highest BCUT2D eigenvalue weighted by molar-refractivity contribution is 6.31. The van der Waals surface area contributed by atoms with Gasteiger partial charge in [-0.2, -0.15) is 5.10 Å². The summed E-state index contributed by atoms with van der Waals surface area (Å²) in [7, 11) is 0. The minimum absolute atomic E-state index is 0.141. The summed E-state index contributed by atoms with van der Waals surface area (Å²) in [5.41, 5.74) is 2.79. The highest BCUT2D eigenvalue weighted by Crippen LogP contribution is 2.22. The molecule has 2 amide bonds. The van der Waals surface area contributed by atoms with Crippen LogP contribution in [0.25, 0.3) is 5.69 Å². The van der Waals surface area contributed by atoms with Crippen molar-refractivity contribution in [3.8, 4) is 5.69 Å². The second-order valence-electron chi connectivity index (χ2n) is 6.01. The smallest absolute Gasteiger partial charge is 0.315 e. The van der Waals surface area contributed by atoms with E-state index in [1.165, 1.54) is 6.33 Å². The van der Waals surface area contributed by atoms with Crippen LogP contribution in [0.2, 0.25) is 5.02 Å². The zero-order chi connectivity index (χ0) is 18.5. The summed E-state index contributed by atoms with van der Waals surface area (Å²) >= 11 is 6.18. The second kappa shape index (κ2) is 8.01. The van der Waals surface area contributed by atoms with Gasteiger partial charge in [0.15, 0.2) is 0 Å². The van der Waals surface area contributed by atoms with Gasteiger partial charge in [0.1, 0.15) is 12.7 Å². The van der Waals surface area contributed by atoms with E-state index < -0.39 is 0 Å². The van der Waals surface area contributed by atoms with Gasteiger partial charge in [0, 0.05) is 5.02 Å². The van der Waals surface area contributed by atoms with Gasteiger partial charge in [0.25, 0.3) is 0 Å². The van der Waals surface area contributed by atoms with Crippen molar-refractivity contribution >= 4 is 17.6 Å². The lowest BCUT2D eigenvalue weighted by Gasteiger charge is -2.19. The van der Waals surface area contributed by atoms with E-state index in [9.17, 15) is 4.79 Å². The van der Waals surface area contributed by atoms with Gasteiger partial charge in [0.05, 0.1) is 17.8 Å². The predicted molar refractivity (Wildman–Crippen MR) is 101 cm³/mol. The van der Waals surface area contributed by atoms with Crippen LogP contribution in [0.5, 0.6) is 0 Å². The first-order chi connectivity index (χ1) is 12.5. The zero-order valence-electron chi connectivity index (χ0n) is 14.6. The molecule has 3 rings (SSSR count). The molecule has 2 aromatic carbocycles. The predicted octanol–water partition coefficient (Wildman–Crippen LogP) is 4.04. The van der Waals surface area contributed by atoms with Crippen LogP contribution < -0.4 is 10.6 Å². The summed E-state index contributed by atoms with van der Waals surface area (Å²) in [5, 5.41) is 10.6. The summed E-state index contributed by atoms with van der Waals surface area (Å²) in [6.07, 6.45) is 3.13. The fourth-order valence-electron chi connectivity index (χ4n) is 2.68. The standard InChI is InChI=1S/C19H20ClN5O/c1-13(15-7-9-16(10-8-15)25-12-21-11-22-25)23-19(26)24-14(2)17-5-3-4-6-18(17)20/h3-14H,1-2H3,(H2,23,24,26). The highest BCUT2D eigenvalue weighted by Gasteiger charge is 2.14. The fourth-order valence-corrected chi connectivity index (χ4v) is 2.98. The van der Waals surface area contributed by atoms with Gasteiger partial charge < -0.3 is 10.6 Å². The van der Waals surface area contributed by atoms with Crippen molar-refractivity contribution in [2.45, 2.75) is 25.9 Å². The zero-order valence-corrected chi connectivity index (χ0v) is 15.3. The molecule has 1 heterocycles. The lowest BCUT2D eigenvalue weighted by Crippen LogP contribution is -2.38. The molecule has 2 unspecified atom stereocenters. The second-order valence-corrected chi connectivity index (χ2v) is 6.42. The number of hydrogen-bond donors (Lipinski definition) is 2. The molecule has 2 atom stereocenters. The van der Waals surface area contributed by atoms with Crippen molar-refractivity contribution in [3.05, 3.63) is 77.3 Å². The van der Waals surface area contributed by atoms with Gasteiger partial charge in [-0.25, -0.2) is 14.5 Å². The molecule has 0 aliphatic rings. The SMILES string of the molecule is CC(NC(=O)NC(C)c1ccccc1Cl)c1ccc(-n2cncn2)cc1. The molecule has 0 saturated heterocycles. The largest absolute Gasteiger partial charge is 0.332 e. The average molecular weight is 370 g/mol. The van der Waals surface area contributed by atoms with E-state index in [1.54, 1.807) is 11.0 Å². The third-order valence-electron chi connectivity index (χ3n) is 4.14. The molecular formula is C19H20ClN5O. The number of amides is 2. The first-order valence-electron chi connectivity index (χ1n) is 8.31. The van der Waals surface area contributed by atoms with Gasteiger partial charge in [-0.1, -0.05) is 41.9 Å². The van der Waals surface area contributed by atoms with E-state index in [2.05, 4.69) is 20.7 Å². The Bertz CT molecular complexity index is 864. The van der Waals surface area contributed by atoms with Crippen LogP contribution in [0.4, 0.5) is 4.79 Å². The average Bonchev–Trinajstić information content (AvgIpc) is 3.16. The molecule has 3 aromatic rings. The molecule has 0 aliphatic heterocycles. The maximum atomic E-state index is 12.3. The van der Waals surface area contributed by atoms with E-state index in [-0.39, 0.29) is 18.1 Å². The Labute approximate surface area is 157 Å². The molecule has 26 heavy (non-hydrogen) atoms. The quantitative estimate of drug-likeness (QED) is 0.712. The molecule has 7 heteroatoms. The maximum absolute atomic E-state index is 12.3. The molecule has 6 nitrogen and oxygen atoms in total. The molecule has 1 aromatic heterocycles. The Kier molecular flexibility index (Phi) is 5.53. The lowest BCUT2D eigenvalue weighted by atomic mass is 10.1. The fraction of sp³-hybridized carbons (Fsp3) is 0.211. The van der Waals surface area contributed by atoms with Crippen LogP contribution in [-0.4, -0.2) is 20.8 Å². The van der Waals surface area contributed by atoms with Crippen LogP contribution in [0.3, 0.4) is 0 Å². The molecule has 0 spiro atoms. The van der Waals surface area contributed by atoms with Crippen LogP contribution in [-0.2, 0) is 0 Å². The topological polar surface area (TPSA) is 71.8 Å². The van der Waals surface area contributed by atoms with E-state index in [4.69, 9.17) is 11.6 Å². The Morgan fingerprint density at radius 2 is 1.73 bits per heavy atom. The van der Waals surface area contributed by atoms with Crippen molar-refractivity contribution in [3.63, 3.8) is 0 Å². The summed E-state index contributed by atoms with van der Waals surface area (Å²) in [6.45, 7) is 3.84. The van der Waals surface area contributed by atoms with Gasteiger partial charge in [-0.15, -0.1) is 0 Å². The van der Waals surface area contributed by atoms with Gasteiger partial charge in [-0.3, -0.25) is 0 Å². The maximum Gasteiger partial charge on any atom is 0.315 e. The van der Waals surface area contributed by atoms with E-state index in [0.717, 1.165) is 16.8 Å². The lowest BCUT2D eigenvalue weighted by molar-refractivity contribution is 0.235. The summed E-state index contributed by atoms with van der Waals surface area (Å²) in [4.78, 5) is 16.2. The number of urea groups is 1. The van der Waals surface area contributed by atoms with Crippen molar-refractivity contribution in [1.82, 2.24) is 25.4 Å². The number of aromatic nitrogens is 3. The summed E-state index contributed by atoms with van der Waals surface area (Å²) in [6, 6.07) is 14.7.